The summed E-state index contributed by atoms with van der Waals surface area (Å²) >= 11 is 5.30. The molecule has 4 heteroatoms. The molecule has 0 bridgehead atoms. The molecule has 0 aromatic heterocycles. The molecular formula is C3H7ClN2O. The predicted molar refractivity (Wildman–Crippen MR) is 26.7 cm³/mol. The summed E-state index contributed by atoms with van der Waals surface area (Å²) in [6.45, 7) is 0. The minimum atomic E-state index is -0.915. The summed E-state index contributed by atoms with van der Waals surface area (Å²) in [6.07, 6.45) is -0.130. The maximum absolute atomic E-state index is 5.30. The van der Waals surface area contributed by atoms with E-state index in [9.17, 15) is 0 Å². The van der Waals surface area contributed by atoms with Gasteiger partial charge in [0.05, 0.1) is 5.88 Å². The predicted octanol–water partition coefficient (Wildman–Crippen LogP) is -0.805. The minimum absolute atomic E-state index is 0.130. The van der Waals surface area contributed by atoms with Gasteiger partial charge in [-0.15, -0.1) is 11.6 Å². The Labute approximate surface area is 46.6 Å². The fourth-order valence-corrected chi connectivity index (χ4v) is 0.669. The van der Waals surface area contributed by atoms with Crippen LogP contribution in [0.25, 0.3) is 0 Å². The van der Waals surface area contributed by atoms with Crippen LogP contribution in [-0.4, -0.2) is 17.8 Å². The third kappa shape index (κ3) is 0.860. The summed E-state index contributed by atoms with van der Waals surface area (Å²) in [4.78, 5) is 0. The van der Waals surface area contributed by atoms with Gasteiger partial charge in [0, 0.05) is 0 Å². The van der Waals surface area contributed by atoms with Crippen molar-refractivity contribution in [1.29, 1.82) is 0 Å². The largest absolute Gasteiger partial charge is 0.335 e. The van der Waals surface area contributed by atoms with Crippen LogP contribution in [0, 0.1) is 0 Å². The van der Waals surface area contributed by atoms with Crippen LogP contribution in [0.4, 0.5) is 0 Å². The van der Waals surface area contributed by atoms with Gasteiger partial charge in [-0.2, -0.15) is 0 Å². The van der Waals surface area contributed by atoms with Crippen LogP contribution in [0.1, 0.15) is 0 Å². The molecule has 1 saturated heterocycles. The second kappa shape index (κ2) is 1.32. The Balaban J connectivity index is 2.30. The van der Waals surface area contributed by atoms with Gasteiger partial charge in [0.15, 0.2) is 5.85 Å². The molecule has 42 valence electrons. The molecule has 0 amide bonds. The van der Waals surface area contributed by atoms with Gasteiger partial charge >= 0.3 is 0 Å². The third-order valence-electron chi connectivity index (χ3n) is 0.933. The summed E-state index contributed by atoms with van der Waals surface area (Å²) in [5, 5.41) is 0. The molecule has 0 saturated carbocycles. The van der Waals surface area contributed by atoms with Gasteiger partial charge in [-0.3, -0.25) is 11.5 Å². The number of halogens is 1. The highest BCUT2D eigenvalue weighted by molar-refractivity contribution is 6.18. The highest BCUT2D eigenvalue weighted by Gasteiger charge is 2.49. The van der Waals surface area contributed by atoms with Gasteiger partial charge in [-0.25, -0.2) is 0 Å². The van der Waals surface area contributed by atoms with E-state index >= 15 is 0 Å². The second-order valence-corrected chi connectivity index (χ2v) is 1.92. The van der Waals surface area contributed by atoms with Crippen LogP contribution >= 0.6 is 11.6 Å². The number of epoxide rings is 1. The molecule has 0 radical (unpaired) electrons. The third-order valence-corrected chi connectivity index (χ3v) is 1.21. The second-order valence-electron chi connectivity index (χ2n) is 1.61. The van der Waals surface area contributed by atoms with Crippen molar-refractivity contribution in [3.05, 3.63) is 0 Å². The van der Waals surface area contributed by atoms with Crippen molar-refractivity contribution in [2.24, 2.45) is 11.5 Å². The van der Waals surface area contributed by atoms with Gasteiger partial charge in [-0.1, -0.05) is 0 Å². The molecule has 7 heavy (non-hydrogen) atoms. The molecule has 1 unspecified atom stereocenters. The summed E-state index contributed by atoms with van der Waals surface area (Å²) in [5.41, 5.74) is 10.4. The zero-order valence-corrected chi connectivity index (χ0v) is 4.48. The molecule has 0 aromatic rings. The SMILES string of the molecule is NC1(N)OC1CCl. The van der Waals surface area contributed by atoms with E-state index in [4.69, 9.17) is 23.1 Å². The van der Waals surface area contributed by atoms with E-state index in [1.165, 1.54) is 0 Å². The molecule has 1 aliphatic heterocycles. The number of hydrogen-bond acceptors (Lipinski definition) is 3. The molecule has 0 aliphatic carbocycles. The van der Waals surface area contributed by atoms with Crippen LogP contribution in [0.3, 0.4) is 0 Å². The average molecular weight is 123 g/mol. The standard InChI is InChI=1S/C3H7ClN2O/c4-1-2-3(5,6)7-2/h2H,1,5-6H2. The minimum Gasteiger partial charge on any atom is -0.335 e. The summed E-state index contributed by atoms with van der Waals surface area (Å²) in [7, 11) is 0. The molecule has 1 heterocycles. The summed E-state index contributed by atoms with van der Waals surface area (Å²) < 4.78 is 4.68. The molecule has 0 aromatic carbocycles. The van der Waals surface area contributed by atoms with Crippen molar-refractivity contribution in [3.63, 3.8) is 0 Å². The Kier molecular flexibility index (Phi) is 1.00. The van der Waals surface area contributed by atoms with Gasteiger partial charge in [0.1, 0.15) is 6.10 Å². The Morgan fingerprint density at radius 1 is 1.71 bits per heavy atom. The first kappa shape index (κ1) is 5.31. The lowest BCUT2D eigenvalue weighted by Gasteiger charge is -1.89. The van der Waals surface area contributed by atoms with Crippen molar-refractivity contribution >= 4 is 11.6 Å². The van der Waals surface area contributed by atoms with Crippen LogP contribution in [0.5, 0.6) is 0 Å². The summed E-state index contributed by atoms with van der Waals surface area (Å²) in [5.74, 6) is -0.533. The van der Waals surface area contributed by atoms with Gasteiger partial charge < -0.3 is 4.74 Å². The van der Waals surface area contributed by atoms with Gasteiger partial charge in [-0.05, 0) is 0 Å². The topological polar surface area (TPSA) is 64.6 Å². The number of hydrogen-bond donors (Lipinski definition) is 2. The first-order valence-electron chi connectivity index (χ1n) is 1.98. The van der Waals surface area contributed by atoms with E-state index in [1.807, 2.05) is 0 Å². The van der Waals surface area contributed by atoms with Crippen molar-refractivity contribution in [2.75, 3.05) is 5.88 Å². The Hall–Kier alpha value is 0.170. The van der Waals surface area contributed by atoms with E-state index in [1.54, 1.807) is 0 Å². The maximum atomic E-state index is 5.30. The van der Waals surface area contributed by atoms with Gasteiger partial charge in [0.25, 0.3) is 0 Å². The van der Waals surface area contributed by atoms with E-state index in [-0.39, 0.29) is 6.10 Å². The van der Waals surface area contributed by atoms with Crippen LogP contribution in [0.2, 0.25) is 0 Å². The molecule has 0 spiro atoms. The summed E-state index contributed by atoms with van der Waals surface area (Å²) in [6, 6.07) is 0. The number of alkyl halides is 1. The number of ether oxygens (including phenoxy) is 1. The van der Waals surface area contributed by atoms with E-state index < -0.39 is 5.85 Å². The van der Waals surface area contributed by atoms with Crippen molar-refractivity contribution in [3.8, 4) is 0 Å². The van der Waals surface area contributed by atoms with Crippen LogP contribution < -0.4 is 11.5 Å². The average Bonchev–Trinajstić information content (AvgIpc) is 2.13. The molecular weight excluding hydrogens is 115 g/mol. The normalized spacial score (nSPS) is 35.6. The quantitative estimate of drug-likeness (QED) is 0.272. The molecule has 1 fully saturated rings. The fraction of sp³-hybridized carbons (Fsp3) is 1.00. The lowest BCUT2D eigenvalue weighted by Crippen LogP contribution is -2.38. The molecule has 1 atom stereocenters. The van der Waals surface area contributed by atoms with E-state index in [0.29, 0.717) is 5.88 Å². The molecule has 1 aliphatic rings. The van der Waals surface area contributed by atoms with Gasteiger partial charge in [0.2, 0.25) is 0 Å². The fourth-order valence-electron chi connectivity index (χ4n) is 0.364. The smallest absolute Gasteiger partial charge is 0.198 e. The highest BCUT2D eigenvalue weighted by atomic mass is 35.5. The Morgan fingerprint density at radius 2 is 2.14 bits per heavy atom. The molecule has 3 nitrogen and oxygen atoms in total. The zero-order valence-electron chi connectivity index (χ0n) is 3.73. The number of nitrogens with two attached hydrogens (primary N) is 2. The lowest BCUT2D eigenvalue weighted by atomic mass is 10.4. The van der Waals surface area contributed by atoms with E-state index in [2.05, 4.69) is 4.74 Å². The number of rotatable bonds is 1. The van der Waals surface area contributed by atoms with Crippen LogP contribution in [0.15, 0.2) is 0 Å². The highest BCUT2D eigenvalue weighted by Crippen LogP contribution is 2.25. The van der Waals surface area contributed by atoms with Crippen LogP contribution in [-0.2, 0) is 4.74 Å². The van der Waals surface area contributed by atoms with Crippen molar-refractivity contribution in [1.82, 2.24) is 0 Å². The first-order valence-corrected chi connectivity index (χ1v) is 2.52. The zero-order chi connectivity index (χ0) is 5.49. The maximum Gasteiger partial charge on any atom is 0.198 e. The first-order chi connectivity index (χ1) is 3.17. The van der Waals surface area contributed by atoms with Crippen molar-refractivity contribution in [2.45, 2.75) is 12.0 Å². The molecule has 4 N–H and O–H groups in total. The van der Waals surface area contributed by atoms with E-state index in [0.717, 1.165) is 0 Å². The monoisotopic (exact) mass is 122 g/mol. The van der Waals surface area contributed by atoms with Crippen molar-refractivity contribution < 1.29 is 4.74 Å². The Bertz CT molecular complexity index is 85.0. The molecule has 1 rings (SSSR count). The Morgan fingerprint density at radius 3 is 2.14 bits per heavy atom. The lowest BCUT2D eigenvalue weighted by molar-refractivity contribution is 0.308.